The lowest BCUT2D eigenvalue weighted by molar-refractivity contribution is 0.627. The van der Waals surface area contributed by atoms with Crippen molar-refractivity contribution >= 4 is 26.8 Å². The van der Waals surface area contributed by atoms with Gasteiger partial charge in [0, 0.05) is 29.1 Å². The molecule has 0 unspecified atom stereocenters. The molecular formula is C10H10BrFN2. The van der Waals surface area contributed by atoms with Gasteiger partial charge in [-0.05, 0) is 34.1 Å². The molecule has 1 aromatic heterocycles. The number of hydrogen-bond donors (Lipinski definition) is 1. The first-order valence-corrected chi connectivity index (χ1v) is 5.15. The molecule has 0 aliphatic heterocycles. The van der Waals surface area contributed by atoms with E-state index in [-0.39, 0.29) is 5.82 Å². The Kier molecular flexibility index (Phi) is 2.56. The lowest BCUT2D eigenvalue weighted by Crippen LogP contribution is -2.08. The van der Waals surface area contributed by atoms with Crippen molar-refractivity contribution in [1.29, 1.82) is 0 Å². The van der Waals surface area contributed by atoms with Crippen LogP contribution in [0.4, 0.5) is 4.39 Å². The van der Waals surface area contributed by atoms with Crippen LogP contribution in [0.2, 0.25) is 0 Å². The Morgan fingerprint density at radius 3 is 2.93 bits per heavy atom. The van der Waals surface area contributed by atoms with E-state index in [0.717, 1.165) is 15.4 Å². The molecule has 2 aromatic rings. The number of halogens is 2. The highest BCUT2D eigenvalue weighted by Crippen LogP contribution is 2.26. The van der Waals surface area contributed by atoms with E-state index >= 15 is 0 Å². The molecule has 14 heavy (non-hydrogen) atoms. The highest BCUT2D eigenvalue weighted by atomic mass is 79.9. The van der Waals surface area contributed by atoms with Crippen LogP contribution < -0.4 is 5.73 Å². The summed E-state index contributed by atoms with van der Waals surface area (Å²) in [5.41, 5.74) is 6.35. The number of hydrogen-bond acceptors (Lipinski definition) is 1. The molecule has 1 heterocycles. The predicted octanol–water partition coefficient (Wildman–Crippen LogP) is 2.50. The van der Waals surface area contributed by atoms with Gasteiger partial charge >= 0.3 is 0 Å². The predicted molar refractivity (Wildman–Crippen MR) is 58.7 cm³/mol. The number of fused-ring (bicyclic) bond motifs is 1. The van der Waals surface area contributed by atoms with Gasteiger partial charge in [-0.3, -0.25) is 0 Å². The SMILES string of the molecule is NCCn1cc(Br)c2ccc(F)cc21. The van der Waals surface area contributed by atoms with E-state index in [0.29, 0.717) is 13.1 Å². The molecule has 0 spiro atoms. The summed E-state index contributed by atoms with van der Waals surface area (Å²) in [5.74, 6) is -0.221. The number of nitrogens with two attached hydrogens (primary N) is 1. The van der Waals surface area contributed by atoms with Crippen molar-refractivity contribution in [2.75, 3.05) is 6.54 Å². The highest BCUT2D eigenvalue weighted by Gasteiger charge is 2.06. The Morgan fingerprint density at radius 2 is 2.21 bits per heavy atom. The van der Waals surface area contributed by atoms with Crippen LogP contribution in [0, 0.1) is 5.82 Å². The van der Waals surface area contributed by atoms with Crippen molar-refractivity contribution in [2.24, 2.45) is 5.73 Å². The van der Waals surface area contributed by atoms with E-state index in [1.54, 1.807) is 6.07 Å². The Bertz CT molecular complexity index is 464. The summed E-state index contributed by atoms with van der Waals surface area (Å²) in [6.45, 7) is 1.25. The average Bonchev–Trinajstić information content (AvgIpc) is 2.44. The molecule has 1 aromatic carbocycles. The Labute approximate surface area is 89.6 Å². The van der Waals surface area contributed by atoms with E-state index in [1.165, 1.54) is 12.1 Å². The molecule has 2 rings (SSSR count). The number of nitrogens with zero attached hydrogens (tertiary/aromatic N) is 1. The average molecular weight is 257 g/mol. The van der Waals surface area contributed by atoms with Crippen LogP contribution in [0.25, 0.3) is 10.9 Å². The van der Waals surface area contributed by atoms with Crippen molar-refractivity contribution in [3.8, 4) is 0 Å². The molecule has 74 valence electrons. The molecule has 0 radical (unpaired) electrons. The van der Waals surface area contributed by atoms with Gasteiger partial charge < -0.3 is 10.3 Å². The quantitative estimate of drug-likeness (QED) is 0.880. The summed E-state index contributed by atoms with van der Waals surface area (Å²) in [4.78, 5) is 0. The maximum atomic E-state index is 13.0. The zero-order chi connectivity index (χ0) is 10.1. The summed E-state index contributed by atoms with van der Waals surface area (Å²) in [7, 11) is 0. The van der Waals surface area contributed by atoms with Gasteiger partial charge in [-0.2, -0.15) is 0 Å². The molecule has 0 bridgehead atoms. The minimum Gasteiger partial charge on any atom is -0.345 e. The van der Waals surface area contributed by atoms with Crippen LogP contribution >= 0.6 is 15.9 Å². The monoisotopic (exact) mass is 256 g/mol. The Hall–Kier alpha value is -0.870. The first kappa shape index (κ1) is 9.68. The van der Waals surface area contributed by atoms with Crippen molar-refractivity contribution in [3.05, 3.63) is 34.7 Å². The van der Waals surface area contributed by atoms with Crippen molar-refractivity contribution in [3.63, 3.8) is 0 Å². The van der Waals surface area contributed by atoms with Crippen LogP contribution in [0.1, 0.15) is 0 Å². The maximum Gasteiger partial charge on any atom is 0.125 e. The number of aromatic nitrogens is 1. The van der Waals surface area contributed by atoms with E-state index in [1.807, 2.05) is 10.8 Å². The van der Waals surface area contributed by atoms with Gasteiger partial charge in [-0.1, -0.05) is 0 Å². The Balaban J connectivity index is 2.66. The number of rotatable bonds is 2. The van der Waals surface area contributed by atoms with Gasteiger partial charge in [0.15, 0.2) is 0 Å². The molecule has 0 atom stereocenters. The van der Waals surface area contributed by atoms with Gasteiger partial charge in [0.2, 0.25) is 0 Å². The molecule has 0 fully saturated rings. The normalized spacial score (nSPS) is 11.1. The van der Waals surface area contributed by atoms with Crippen LogP contribution in [0.5, 0.6) is 0 Å². The standard InChI is InChI=1S/C10H10BrFN2/c11-9-6-14(4-3-13)10-5-7(12)1-2-8(9)10/h1-2,5-6H,3-4,13H2. The fourth-order valence-corrected chi connectivity index (χ4v) is 2.13. The summed E-state index contributed by atoms with van der Waals surface area (Å²) in [6.07, 6.45) is 1.93. The topological polar surface area (TPSA) is 30.9 Å². The van der Waals surface area contributed by atoms with Gasteiger partial charge in [0.25, 0.3) is 0 Å². The number of benzene rings is 1. The first-order chi connectivity index (χ1) is 6.72. The van der Waals surface area contributed by atoms with Gasteiger partial charge in [-0.15, -0.1) is 0 Å². The summed E-state index contributed by atoms with van der Waals surface area (Å²) >= 11 is 3.43. The minimum atomic E-state index is -0.221. The second-order valence-corrected chi connectivity index (χ2v) is 3.97. The molecule has 2 nitrogen and oxygen atoms in total. The zero-order valence-corrected chi connectivity index (χ0v) is 9.09. The van der Waals surface area contributed by atoms with E-state index in [2.05, 4.69) is 15.9 Å². The van der Waals surface area contributed by atoms with Gasteiger partial charge in [0.05, 0.1) is 5.52 Å². The lowest BCUT2D eigenvalue weighted by atomic mass is 10.2. The summed E-state index contributed by atoms with van der Waals surface area (Å²) < 4.78 is 15.9. The molecule has 4 heteroatoms. The lowest BCUT2D eigenvalue weighted by Gasteiger charge is -2.01. The molecule has 0 saturated heterocycles. The molecule has 0 amide bonds. The van der Waals surface area contributed by atoms with Gasteiger partial charge in [-0.25, -0.2) is 4.39 Å². The highest BCUT2D eigenvalue weighted by molar-refractivity contribution is 9.10. The molecule has 2 N–H and O–H groups in total. The summed E-state index contributed by atoms with van der Waals surface area (Å²) in [6, 6.07) is 4.75. The zero-order valence-electron chi connectivity index (χ0n) is 7.50. The van der Waals surface area contributed by atoms with Crippen molar-refractivity contribution < 1.29 is 4.39 Å². The first-order valence-electron chi connectivity index (χ1n) is 4.36. The Morgan fingerprint density at radius 1 is 1.43 bits per heavy atom. The van der Waals surface area contributed by atoms with E-state index in [4.69, 9.17) is 5.73 Å². The fraction of sp³-hybridized carbons (Fsp3) is 0.200. The molecule has 0 aliphatic carbocycles. The summed E-state index contributed by atoms with van der Waals surface area (Å²) in [5, 5.41) is 1.01. The van der Waals surface area contributed by atoms with E-state index < -0.39 is 0 Å². The van der Waals surface area contributed by atoms with Crippen LogP contribution in [-0.2, 0) is 6.54 Å². The third-order valence-corrected chi connectivity index (χ3v) is 2.80. The maximum absolute atomic E-state index is 13.0. The molecule has 0 aliphatic rings. The third-order valence-electron chi connectivity index (χ3n) is 2.17. The van der Waals surface area contributed by atoms with Gasteiger partial charge in [0.1, 0.15) is 5.82 Å². The molecular weight excluding hydrogens is 247 g/mol. The fourth-order valence-electron chi connectivity index (χ4n) is 1.54. The van der Waals surface area contributed by atoms with Crippen LogP contribution in [0.15, 0.2) is 28.9 Å². The van der Waals surface area contributed by atoms with Crippen LogP contribution in [-0.4, -0.2) is 11.1 Å². The second-order valence-electron chi connectivity index (χ2n) is 3.12. The third kappa shape index (κ3) is 1.55. The van der Waals surface area contributed by atoms with Crippen molar-refractivity contribution in [1.82, 2.24) is 4.57 Å². The van der Waals surface area contributed by atoms with Crippen LogP contribution in [0.3, 0.4) is 0 Å². The minimum absolute atomic E-state index is 0.221. The largest absolute Gasteiger partial charge is 0.345 e. The smallest absolute Gasteiger partial charge is 0.125 e. The second kappa shape index (κ2) is 3.71. The molecule has 0 saturated carbocycles. The van der Waals surface area contributed by atoms with E-state index in [9.17, 15) is 4.39 Å². The van der Waals surface area contributed by atoms with Crippen molar-refractivity contribution in [2.45, 2.75) is 6.54 Å².